The molecular weight excluding hydrogens is 356 g/mol. The van der Waals surface area contributed by atoms with Gasteiger partial charge in [-0.2, -0.15) is 0 Å². The third-order valence-corrected chi connectivity index (χ3v) is 5.32. The standard InChI is InChI=1S/C22H24N2O4/c25-21-16-27-20-11-12-23(22(26)28-15-18-9-5-2-6-10-18)14-19(20)24(21)13-17-7-3-1-4-8-17/h1-10,19-20H,11-16H2/t19-,20+/m1/s1. The van der Waals surface area contributed by atoms with Crippen molar-refractivity contribution in [3.8, 4) is 0 Å². The van der Waals surface area contributed by atoms with Gasteiger partial charge < -0.3 is 19.3 Å². The molecule has 28 heavy (non-hydrogen) atoms. The summed E-state index contributed by atoms with van der Waals surface area (Å²) < 4.78 is 11.2. The molecule has 2 aliphatic rings. The van der Waals surface area contributed by atoms with E-state index in [-0.39, 0.29) is 37.4 Å². The van der Waals surface area contributed by atoms with E-state index < -0.39 is 0 Å². The number of piperidine rings is 1. The fourth-order valence-corrected chi connectivity index (χ4v) is 3.81. The lowest BCUT2D eigenvalue weighted by Crippen LogP contribution is -2.62. The van der Waals surface area contributed by atoms with E-state index >= 15 is 0 Å². The van der Waals surface area contributed by atoms with E-state index in [0.717, 1.165) is 11.1 Å². The van der Waals surface area contributed by atoms with Crippen LogP contribution in [0.2, 0.25) is 0 Å². The lowest BCUT2D eigenvalue weighted by molar-refractivity contribution is -0.163. The van der Waals surface area contributed by atoms with Gasteiger partial charge in [0.2, 0.25) is 5.91 Å². The van der Waals surface area contributed by atoms with Crippen LogP contribution in [-0.4, -0.2) is 53.6 Å². The predicted molar refractivity (Wildman–Crippen MR) is 103 cm³/mol. The summed E-state index contributed by atoms with van der Waals surface area (Å²) in [4.78, 5) is 28.6. The molecule has 4 rings (SSSR count). The maximum absolute atomic E-state index is 12.6. The number of amides is 2. The van der Waals surface area contributed by atoms with E-state index in [1.165, 1.54) is 0 Å². The Morgan fingerprint density at radius 3 is 2.43 bits per heavy atom. The van der Waals surface area contributed by atoms with Gasteiger partial charge in [-0.3, -0.25) is 4.79 Å². The Morgan fingerprint density at radius 2 is 1.71 bits per heavy atom. The fourth-order valence-electron chi connectivity index (χ4n) is 3.81. The van der Waals surface area contributed by atoms with Crippen molar-refractivity contribution in [3.63, 3.8) is 0 Å². The highest BCUT2D eigenvalue weighted by atomic mass is 16.6. The molecule has 6 nitrogen and oxygen atoms in total. The molecule has 2 amide bonds. The van der Waals surface area contributed by atoms with Crippen molar-refractivity contribution in [1.82, 2.24) is 9.80 Å². The molecule has 0 unspecified atom stereocenters. The third-order valence-electron chi connectivity index (χ3n) is 5.32. The van der Waals surface area contributed by atoms with Gasteiger partial charge in [0.15, 0.2) is 0 Å². The van der Waals surface area contributed by atoms with Crippen LogP contribution in [-0.2, 0) is 27.4 Å². The zero-order valence-corrected chi connectivity index (χ0v) is 15.7. The van der Waals surface area contributed by atoms with Gasteiger partial charge in [0.1, 0.15) is 13.2 Å². The Morgan fingerprint density at radius 1 is 1.04 bits per heavy atom. The quantitative estimate of drug-likeness (QED) is 0.818. The normalized spacial score (nSPS) is 21.9. The smallest absolute Gasteiger partial charge is 0.410 e. The molecule has 0 radical (unpaired) electrons. The van der Waals surface area contributed by atoms with E-state index in [1.807, 2.05) is 65.6 Å². The molecule has 2 aromatic carbocycles. The molecule has 2 heterocycles. The number of hydrogen-bond donors (Lipinski definition) is 0. The van der Waals surface area contributed by atoms with Gasteiger partial charge in [0.25, 0.3) is 0 Å². The minimum atomic E-state index is -0.347. The van der Waals surface area contributed by atoms with Gasteiger partial charge in [0.05, 0.1) is 12.1 Å². The topological polar surface area (TPSA) is 59.1 Å². The SMILES string of the molecule is O=C(OCc1ccccc1)N1CC[C@@H]2OCC(=O)N(Cc3ccccc3)[C@@H]2C1. The van der Waals surface area contributed by atoms with Gasteiger partial charge in [-0.25, -0.2) is 4.79 Å². The highest BCUT2D eigenvalue weighted by Gasteiger charge is 2.41. The molecule has 0 saturated carbocycles. The minimum Gasteiger partial charge on any atom is -0.445 e. The van der Waals surface area contributed by atoms with Gasteiger partial charge >= 0.3 is 6.09 Å². The average molecular weight is 380 g/mol. The molecule has 0 N–H and O–H groups in total. The minimum absolute atomic E-state index is 0.0374. The number of fused-ring (bicyclic) bond motifs is 1. The summed E-state index contributed by atoms with van der Waals surface area (Å²) in [5.74, 6) is -0.0374. The first-order valence-corrected chi connectivity index (χ1v) is 9.61. The van der Waals surface area contributed by atoms with Crippen molar-refractivity contribution < 1.29 is 19.1 Å². The molecule has 0 spiro atoms. The van der Waals surface area contributed by atoms with Crippen molar-refractivity contribution in [1.29, 1.82) is 0 Å². The van der Waals surface area contributed by atoms with Gasteiger partial charge in [-0.05, 0) is 17.5 Å². The molecule has 0 aromatic heterocycles. The van der Waals surface area contributed by atoms with E-state index in [0.29, 0.717) is 26.1 Å². The van der Waals surface area contributed by atoms with Crippen molar-refractivity contribution in [2.75, 3.05) is 19.7 Å². The molecular formula is C22H24N2O4. The Hall–Kier alpha value is -2.86. The van der Waals surface area contributed by atoms with Crippen molar-refractivity contribution in [3.05, 3.63) is 71.8 Å². The number of hydrogen-bond acceptors (Lipinski definition) is 4. The molecule has 2 aromatic rings. The lowest BCUT2D eigenvalue weighted by atomic mass is 9.98. The summed E-state index contributed by atoms with van der Waals surface area (Å²) in [5, 5.41) is 0. The van der Waals surface area contributed by atoms with Crippen LogP contribution in [0.1, 0.15) is 17.5 Å². The molecule has 2 fully saturated rings. The molecule has 2 saturated heterocycles. The molecule has 2 atom stereocenters. The number of likely N-dealkylation sites (tertiary alicyclic amines) is 1. The Labute approximate surface area is 164 Å². The van der Waals surface area contributed by atoms with Gasteiger partial charge in [-0.15, -0.1) is 0 Å². The van der Waals surface area contributed by atoms with E-state index in [1.54, 1.807) is 4.90 Å². The molecule has 2 aliphatic heterocycles. The highest BCUT2D eigenvalue weighted by molar-refractivity contribution is 5.79. The maximum atomic E-state index is 12.6. The zero-order valence-electron chi connectivity index (χ0n) is 15.7. The monoisotopic (exact) mass is 380 g/mol. The third kappa shape index (κ3) is 4.17. The van der Waals surface area contributed by atoms with Gasteiger partial charge in [-0.1, -0.05) is 60.7 Å². The average Bonchev–Trinajstić information content (AvgIpc) is 2.75. The number of ether oxygens (including phenoxy) is 2. The second-order valence-corrected chi connectivity index (χ2v) is 7.20. The first-order valence-electron chi connectivity index (χ1n) is 9.61. The van der Waals surface area contributed by atoms with Crippen LogP contribution in [0.5, 0.6) is 0 Å². The number of nitrogens with zero attached hydrogens (tertiary/aromatic N) is 2. The summed E-state index contributed by atoms with van der Waals surface area (Å²) in [7, 11) is 0. The summed E-state index contributed by atoms with van der Waals surface area (Å²) >= 11 is 0. The predicted octanol–water partition coefficient (Wildman–Crippen LogP) is 2.83. The summed E-state index contributed by atoms with van der Waals surface area (Å²) in [6.45, 7) is 1.87. The van der Waals surface area contributed by atoms with Crippen LogP contribution in [0.15, 0.2) is 60.7 Å². The fraction of sp³-hybridized carbons (Fsp3) is 0.364. The molecule has 6 heteroatoms. The first-order chi connectivity index (χ1) is 13.7. The second-order valence-electron chi connectivity index (χ2n) is 7.20. The summed E-state index contributed by atoms with van der Waals surface area (Å²) in [6.07, 6.45) is 0.309. The molecule has 0 bridgehead atoms. The van der Waals surface area contributed by atoms with Gasteiger partial charge in [0, 0.05) is 19.6 Å². The van der Waals surface area contributed by atoms with Crippen LogP contribution in [0.25, 0.3) is 0 Å². The number of carbonyl (C=O) groups is 2. The highest BCUT2D eigenvalue weighted by Crippen LogP contribution is 2.26. The summed E-state index contributed by atoms with van der Waals surface area (Å²) in [5.41, 5.74) is 2.02. The van der Waals surface area contributed by atoms with Crippen LogP contribution in [0.3, 0.4) is 0 Å². The Balaban J connectivity index is 1.41. The maximum Gasteiger partial charge on any atom is 0.410 e. The zero-order chi connectivity index (χ0) is 19.3. The van der Waals surface area contributed by atoms with Crippen LogP contribution in [0.4, 0.5) is 4.79 Å². The molecule has 146 valence electrons. The van der Waals surface area contributed by atoms with E-state index in [2.05, 4.69) is 0 Å². The van der Waals surface area contributed by atoms with Crippen molar-refractivity contribution in [2.24, 2.45) is 0 Å². The first kappa shape index (κ1) is 18.5. The Bertz CT molecular complexity index is 812. The number of rotatable bonds is 4. The number of benzene rings is 2. The van der Waals surface area contributed by atoms with Crippen LogP contribution in [0, 0.1) is 0 Å². The van der Waals surface area contributed by atoms with Crippen LogP contribution >= 0.6 is 0 Å². The second kappa shape index (κ2) is 8.44. The number of carbonyl (C=O) groups excluding carboxylic acids is 2. The Kier molecular flexibility index (Phi) is 5.58. The lowest BCUT2D eigenvalue weighted by Gasteiger charge is -2.46. The van der Waals surface area contributed by atoms with Crippen molar-refractivity contribution >= 4 is 12.0 Å². The van der Waals surface area contributed by atoms with E-state index in [4.69, 9.17) is 9.47 Å². The largest absolute Gasteiger partial charge is 0.445 e. The molecule has 0 aliphatic carbocycles. The van der Waals surface area contributed by atoms with Crippen LogP contribution < -0.4 is 0 Å². The number of morpholine rings is 1. The van der Waals surface area contributed by atoms with E-state index in [9.17, 15) is 9.59 Å². The van der Waals surface area contributed by atoms with Crippen molar-refractivity contribution in [2.45, 2.75) is 31.7 Å². The summed E-state index contributed by atoms with van der Waals surface area (Å²) in [6, 6.07) is 19.4.